The lowest BCUT2D eigenvalue weighted by Gasteiger charge is -2.19. The standard InChI is InChI=1S/C22H23N3O3/c1-25(28-16-18-7-9-19(27-2)10-8-18)22(26)20-5-3-4-6-21(20)24-15-17-11-13-23-14-12-17/h3-14,24H,15-16H2,1-2H3. The number of hydroxylamine groups is 2. The first kappa shape index (κ1) is 19.4. The predicted molar refractivity (Wildman–Crippen MR) is 108 cm³/mol. The Morgan fingerprint density at radius 3 is 2.43 bits per heavy atom. The molecule has 0 saturated heterocycles. The number of nitrogens with zero attached hydrogens (tertiary/aromatic N) is 2. The Bertz CT molecular complexity index is 898. The third-order valence-electron chi connectivity index (χ3n) is 4.26. The quantitative estimate of drug-likeness (QED) is 0.603. The van der Waals surface area contributed by atoms with Gasteiger partial charge in [0.1, 0.15) is 12.4 Å². The van der Waals surface area contributed by atoms with Gasteiger partial charge >= 0.3 is 0 Å². The van der Waals surface area contributed by atoms with Gasteiger partial charge < -0.3 is 10.1 Å². The van der Waals surface area contributed by atoms with Gasteiger partial charge in [0.2, 0.25) is 0 Å². The second kappa shape index (κ2) is 9.53. The van der Waals surface area contributed by atoms with Crippen LogP contribution >= 0.6 is 0 Å². The molecule has 0 spiro atoms. The molecule has 1 heterocycles. The monoisotopic (exact) mass is 377 g/mol. The van der Waals surface area contributed by atoms with Gasteiger partial charge in [0.05, 0.1) is 12.7 Å². The Labute approximate surface area is 164 Å². The van der Waals surface area contributed by atoms with Gasteiger partial charge in [-0.3, -0.25) is 14.6 Å². The zero-order valence-electron chi connectivity index (χ0n) is 16.0. The molecule has 0 bridgehead atoms. The third-order valence-corrected chi connectivity index (χ3v) is 4.26. The van der Waals surface area contributed by atoms with E-state index in [2.05, 4.69) is 10.3 Å². The van der Waals surface area contributed by atoms with E-state index in [1.54, 1.807) is 32.6 Å². The molecule has 0 aliphatic heterocycles. The molecule has 3 rings (SSSR count). The summed E-state index contributed by atoms with van der Waals surface area (Å²) in [5.74, 6) is 0.564. The average molecular weight is 377 g/mol. The number of benzene rings is 2. The topological polar surface area (TPSA) is 63.7 Å². The molecule has 28 heavy (non-hydrogen) atoms. The molecule has 0 fully saturated rings. The number of anilines is 1. The number of ether oxygens (including phenoxy) is 1. The number of carbonyl (C=O) groups excluding carboxylic acids is 1. The number of rotatable bonds is 8. The molecule has 0 saturated carbocycles. The van der Waals surface area contributed by atoms with Gasteiger partial charge in [0, 0.05) is 31.7 Å². The van der Waals surface area contributed by atoms with Crippen LogP contribution in [0, 0.1) is 0 Å². The van der Waals surface area contributed by atoms with Crippen LogP contribution in [0.5, 0.6) is 5.75 Å². The van der Waals surface area contributed by atoms with E-state index >= 15 is 0 Å². The normalized spacial score (nSPS) is 10.4. The molecule has 0 atom stereocenters. The van der Waals surface area contributed by atoms with Crippen molar-refractivity contribution in [3.8, 4) is 5.75 Å². The van der Waals surface area contributed by atoms with Crippen molar-refractivity contribution in [3.63, 3.8) is 0 Å². The van der Waals surface area contributed by atoms with E-state index in [9.17, 15) is 4.79 Å². The molecule has 1 aromatic heterocycles. The largest absolute Gasteiger partial charge is 0.497 e. The van der Waals surface area contributed by atoms with Gasteiger partial charge in [-0.1, -0.05) is 24.3 Å². The van der Waals surface area contributed by atoms with Crippen molar-refractivity contribution in [2.24, 2.45) is 0 Å². The smallest absolute Gasteiger partial charge is 0.279 e. The van der Waals surface area contributed by atoms with Crippen LogP contribution < -0.4 is 10.1 Å². The zero-order chi connectivity index (χ0) is 19.8. The van der Waals surface area contributed by atoms with E-state index in [0.717, 1.165) is 22.6 Å². The maximum Gasteiger partial charge on any atom is 0.279 e. The van der Waals surface area contributed by atoms with Crippen molar-refractivity contribution in [1.29, 1.82) is 0 Å². The Balaban J connectivity index is 1.62. The maximum absolute atomic E-state index is 12.8. The summed E-state index contributed by atoms with van der Waals surface area (Å²) in [6, 6.07) is 18.8. The van der Waals surface area contributed by atoms with Gasteiger partial charge in [-0.25, -0.2) is 5.06 Å². The minimum absolute atomic E-state index is 0.216. The number of amides is 1. The van der Waals surface area contributed by atoms with Crippen LogP contribution in [0.4, 0.5) is 5.69 Å². The molecular formula is C22H23N3O3. The Morgan fingerprint density at radius 2 is 1.71 bits per heavy atom. The zero-order valence-corrected chi connectivity index (χ0v) is 16.0. The van der Waals surface area contributed by atoms with Crippen molar-refractivity contribution in [3.05, 3.63) is 89.7 Å². The van der Waals surface area contributed by atoms with Crippen LogP contribution in [0.2, 0.25) is 0 Å². The fraction of sp³-hybridized carbons (Fsp3) is 0.182. The SMILES string of the molecule is COc1ccc(CON(C)C(=O)c2ccccc2NCc2ccncc2)cc1. The number of nitrogens with one attached hydrogen (secondary N) is 1. The van der Waals surface area contributed by atoms with Crippen molar-refractivity contribution in [2.75, 3.05) is 19.5 Å². The molecule has 1 N–H and O–H groups in total. The number of hydrogen-bond acceptors (Lipinski definition) is 5. The minimum atomic E-state index is -0.216. The third kappa shape index (κ3) is 5.08. The summed E-state index contributed by atoms with van der Waals surface area (Å²) < 4.78 is 5.14. The summed E-state index contributed by atoms with van der Waals surface area (Å²) in [5.41, 5.74) is 3.34. The maximum atomic E-state index is 12.8. The van der Waals surface area contributed by atoms with Gasteiger partial charge in [0.25, 0.3) is 5.91 Å². The number of methoxy groups -OCH3 is 1. The van der Waals surface area contributed by atoms with Gasteiger partial charge in [0.15, 0.2) is 0 Å². The predicted octanol–water partition coefficient (Wildman–Crippen LogP) is 3.91. The molecule has 0 radical (unpaired) electrons. The summed E-state index contributed by atoms with van der Waals surface area (Å²) in [5, 5.41) is 4.57. The van der Waals surface area contributed by atoms with Crippen molar-refractivity contribution in [2.45, 2.75) is 13.2 Å². The fourth-order valence-corrected chi connectivity index (χ4v) is 2.64. The Kier molecular flexibility index (Phi) is 6.59. The van der Waals surface area contributed by atoms with Crippen LogP contribution in [-0.2, 0) is 18.0 Å². The summed E-state index contributed by atoms with van der Waals surface area (Å²) in [4.78, 5) is 22.5. The number of aromatic nitrogens is 1. The second-order valence-electron chi connectivity index (χ2n) is 6.18. The van der Waals surface area contributed by atoms with E-state index in [1.807, 2.05) is 54.6 Å². The first-order valence-corrected chi connectivity index (χ1v) is 8.93. The molecule has 0 unspecified atom stereocenters. The van der Waals surface area contributed by atoms with E-state index in [1.165, 1.54) is 5.06 Å². The second-order valence-corrected chi connectivity index (χ2v) is 6.18. The number of pyridine rings is 1. The van der Waals surface area contributed by atoms with Crippen molar-refractivity contribution in [1.82, 2.24) is 10.0 Å². The highest BCUT2D eigenvalue weighted by Gasteiger charge is 2.16. The number of carbonyl (C=O) groups is 1. The molecular weight excluding hydrogens is 354 g/mol. The number of para-hydroxylation sites is 1. The highest BCUT2D eigenvalue weighted by molar-refractivity contribution is 5.98. The summed E-state index contributed by atoms with van der Waals surface area (Å²) in [7, 11) is 3.24. The lowest BCUT2D eigenvalue weighted by Crippen LogP contribution is -2.27. The van der Waals surface area contributed by atoms with Crippen LogP contribution in [0.1, 0.15) is 21.5 Å². The lowest BCUT2D eigenvalue weighted by molar-refractivity contribution is -0.116. The van der Waals surface area contributed by atoms with E-state index in [0.29, 0.717) is 18.7 Å². The average Bonchev–Trinajstić information content (AvgIpc) is 2.76. The Hall–Kier alpha value is -3.38. The highest BCUT2D eigenvalue weighted by Crippen LogP contribution is 2.19. The molecule has 2 aromatic carbocycles. The first-order chi connectivity index (χ1) is 13.7. The fourth-order valence-electron chi connectivity index (χ4n) is 2.64. The molecule has 144 valence electrons. The van der Waals surface area contributed by atoms with Crippen LogP contribution in [0.3, 0.4) is 0 Å². The summed E-state index contributed by atoms with van der Waals surface area (Å²) >= 11 is 0. The van der Waals surface area contributed by atoms with Crippen LogP contribution in [0.25, 0.3) is 0 Å². The minimum Gasteiger partial charge on any atom is -0.497 e. The summed E-state index contributed by atoms with van der Waals surface area (Å²) in [6.07, 6.45) is 3.49. The van der Waals surface area contributed by atoms with Gasteiger partial charge in [-0.2, -0.15) is 0 Å². The number of hydrogen-bond donors (Lipinski definition) is 1. The summed E-state index contributed by atoms with van der Waals surface area (Å²) in [6.45, 7) is 0.891. The molecule has 6 heteroatoms. The first-order valence-electron chi connectivity index (χ1n) is 8.93. The van der Waals surface area contributed by atoms with Gasteiger partial charge in [-0.15, -0.1) is 0 Å². The lowest BCUT2D eigenvalue weighted by atomic mass is 10.1. The molecule has 1 amide bonds. The molecule has 0 aliphatic rings. The van der Waals surface area contributed by atoms with E-state index in [4.69, 9.17) is 9.57 Å². The van der Waals surface area contributed by atoms with Crippen LogP contribution in [-0.4, -0.2) is 30.1 Å². The Morgan fingerprint density at radius 1 is 1.00 bits per heavy atom. The highest BCUT2D eigenvalue weighted by atomic mass is 16.7. The van der Waals surface area contributed by atoms with Gasteiger partial charge in [-0.05, 0) is 47.5 Å². The van der Waals surface area contributed by atoms with E-state index < -0.39 is 0 Å². The molecule has 0 aliphatic carbocycles. The molecule has 3 aromatic rings. The van der Waals surface area contributed by atoms with E-state index in [-0.39, 0.29) is 5.91 Å². The van der Waals surface area contributed by atoms with Crippen molar-refractivity contribution < 1.29 is 14.4 Å². The molecule has 6 nitrogen and oxygen atoms in total. The van der Waals surface area contributed by atoms with Crippen LogP contribution in [0.15, 0.2) is 73.1 Å². The van der Waals surface area contributed by atoms with Crippen molar-refractivity contribution >= 4 is 11.6 Å².